The lowest BCUT2D eigenvalue weighted by Gasteiger charge is -2.11. The van der Waals surface area contributed by atoms with Gasteiger partial charge in [-0.2, -0.15) is 0 Å². The van der Waals surface area contributed by atoms with Crippen LogP contribution in [0, 0.1) is 6.92 Å². The second-order valence-corrected chi connectivity index (χ2v) is 7.38. The van der Waals surface area contributed by atoms with Crippen molar-refractivity contribution in [2.45, 2.75) is 12.1 Å². The fourth-order valence-electron chi connectivity index (χ4n) is 2.47. The number of hydrogen-bond acceptors (Lipinski definition) is 6. The predicted octanol–water partition coefficient (Wildman–Crippen LogP) is 4.40. The topological polar surface area (TPSA) is 86.1 Å². The molecule has 0 unspecified atom stereocenters. The van der Waals surface area contributed by atoms with Gasteiger partial charge in [-0.25, -0.2) is 14.8 Å². The van der Waals surface area contributed by atoms with Gasteiger partial charge in [0.05, 0.1) is 16.2 Å². The standard InChI is InChI=1S/C19H16Cl2N4O3S/c1-11-13(20)8-22-17(16(11)21)24-15(26)10-28-18(27)14-9-23-19(29-2)25(14)12-6-4-3-5-7-12/h3-9H,10H2,1-2H3,(H,22,24,26). The molecule has 0 fully saturated rings. The zero-order valence-corrected chi connectivity index (χ0v) is 17.8. The second kappa shape index (κ2) is 9.30. The number of ether oxygens (including phenoxy) is 1. The van der Waals surface area contributed by atoms with E-state index >= 15 is 0 Å². The summed E-state index contributed by atoms with van der Waals surface area (Å²) in [7, 11) is 0. The van der Waals surface area contributed by atoms with Gasteiger partial charge in [0, 0.05) is 11.9 Å². The molecule has 0 saturated carbocycles. The molecule has 0 bridgehead atoms. The van der Waals surface area contributed by atoms with Gasteiger partial charge in [0.25, 0.3) is 5.91 Å². The minimum Gasteiger partial charge on any atom is -0.451 e. The highest BCUT2D eigenvalue weighted by molar-refractivity contribution is 7.98. The number of esters is 1. The van der Waals surface area contributed by atoms with Gasteiger partial charge in [-0.05, 0) is 30.9 Å². The van der Waals surface area contributed by atoms with Gasteiger partial charge in [0.1, 0.15) is 0 Å². The molecule has 1 N–H and O–H groups in total. The highest BCUT2D eigenvalue weighted by Crippen LogP contribution is 2.28. The monoisotopic (exact) mass is 450 g/mol. The average Bonchev–Trinajstić information content (AvgIpc) is 3.17. The normalized spacial score (nSPS) is 10.6. The first kappa shape index (κ1) is 21.2. The van der Waals surface area contributed by atoms with Crippen LogP contribution in [0.25, 0.3) is 5.69 Å². The number of benzene rings is 1. The lowest BCUT2D eigenvalue weighted by molar-refractivity contribution is -0.119. The van der Waals surface area contributed by atoms with Gasteiger partial charge in [-0.3, -0.25) is 9.36 Å². The second-order valence-electron chi connectivity index (χ2n) is 5.82. The summed E-state index contributed by atoms with van der Waals surface area (Å²) in [5.41, 5.74) is 1.57. The van der Waals surface area contributed by atoms with Gasteiger partial charge in [-0.15, -0.1) is 0 Å². The van der Waals surface area contributed by atoms with E-state index in [-0.39, 0.29) is 16.5 Å². The number of imidazole rings is 1. The average molecular weight is 451 g/mol. The maximum Gasteiger partial charge on any atom is 0.357 e. The number of rotatable bonds is 6. The summed E-state index contributed by atoms with van der Waals surface area (Å²) in [6, 6.07) is 9.28. The summed E-state index contributed by atoms with van der Waals surface area (Å²) >= 11 is 13.4. The molecule has 3 aromatic rings. The molecule has 2 heterocycles. The van der Waals surface area contributed by atoms with Gasteiger partial charge in [-0.1, -0.05) is 53.2 Å². The highest BCUT2D eigenvalue weighted by Gasteiger charge is 2.20. The van der Waals surface area contributed by atoms with E-state index in [9.17, 15) is 9.59 Å². The quantitative estimate of drug-likeness (QED) is 0.442. The predicted molar refractivity (Wildman–Crippen MR) is 113 cm³/mol. The molecule has 0 aliphatic heterocycles. The Morgan fingerprint density at radius 3 is 2.59 bits per heavy atom. The molecule has 2 aromatic heterocycles. The summed E-state index contributed by atoms with van der Waals surface area (Å²) in [6.45, 7) is 1.20. The zero-order chi connectivity index (χ0) is 21.0. The molecule has 7 nitrogen and oxygen atoms in total. The smallest absolute Gasteiger partial charge is 0.357 e. The number of anilines is 1. The number of pyridine rings is 1. The van der Waals surface area contributed by atoms with Crippen LogP contribution in [-0.4, -0.2) is 39.3 Å². The van der Waals surface area contributed by atoms with Crippen molar-refractivity contribution in [3.63, 3.8) is 0 Å². The van der Waals surface area contributed by atoms with E-state index in [2.05, 4.69) is 15.3 Å². The number of nitrogens with one attached hydrogen (secondary N) is 1. The third kappa shape index (κ3) is 4.72. The summed E-state index contributed by atoms with van der Waals surface area (Å²) in [6.07, 6.45) is 4.65. The van der Waals surface area contributed by atoms with Crippen LogP contribution < -0.4 is 5.32 Å². The largest absolute Gasteiger partial charge is 0.451 e. The molecular weight excluding hydrogens is 435 g/mol. The third-order valence-electron chi connectivity index (χ3n) is 3.93. The van der Waals surface area contributed by atoms with Crippen LogP contribution in [0.15, 0.2) is 47.9 Å². The summed E-state index contributed by atoms with van der Waals surface area (Å²) in [5, 5.41) is 3.74. The number of carbonyl (C=O) groups is 2. The van der Waals surface area contributed by atoms with E-state index in [0.717, 1.165) is 5.69 Å². The molecule has 0 spiro atoms. The van der Waals surface area contributed by atoms with Crippen molar-refractivity contribution in [2.24, 2.45) is 0 Å². The number of halogens is 2. The first-order valence-electron chi connectivity index (χ1n) is 8.37. The Bertz CT molecular complexity index is 1060. The first-order valence-corrected chi connectivity index (χ1v) is 10.3. The van der Waals surface area contributed by atoms with Crippen LogP contribution in [0.4, 0.5) is 5.82 Å². The van der Waals surface area contributed by atoms with Crippen LogP contribution in [0.5, 0.6) is 0 Å². The van der Waals surface area contributed by atoms with E-state index in [0.29, 0.717) is 15.7 Å². The molecule has 1 aromatic carbocycles. The molecule has 0 saturated heterocycles. The van der Waals surface area contributed by atoms with Crippen molar-refractivity contribution in [2.75, 3.05) is 18.2 Å². The van der Waals surface area contributed by atoms with Gasteiger partial charge >= 0.3 is 5.97 Å². The number of para-hydroxylation sites is 1. The molecule has 0 atom stereocenters. The lowest BCUT2D eigenvalue weighted by Crippen LogP contribution is -2.22. The number of amides is 1. The number of hydrogen-bond donors (Lipinski definition) is 1. The van der Waals surface area contributed by atoms with Crippen molar-refractivity contribution in [1.29, 1.82) is 0 Å². The van der Waals surface area contributed by atoms with Crippen LogP contribution in [0.1, 0.15) is 16.1 Å². The molecule has 0 radical (unpaired) electrons. The Kier molecular flexibility index (Phi) is 6.79. The van der Waals surface area contributed by atoms with E-state index in [1.807, 2.05) is 36.6 Å². The number of aromatic nitrogens is 3. The SMILES string of the molecule is CSc1ncc(C(=O)OCC(=O)Nc2ncc(Cl)c(C)c2Cl)n1-c1ccccc1. The minimum atomic E-state index is -0.678. The summed E-state index contributed by atoms with van der Waals surface area (Å²) < 4.78 is 6.83. The molecule has 0 aliphatic carbocycles. The number of carbonyl (C=O) groups excluding carboxylic acids is 2. The Balaban J connectivity index is 1.71. The fourth-order valence-corrected chi connectivity index (χ4v) is 3.40. The van der Waals surface area contributed by atoms with Crippen molar-refractivity contribution >= 4 is 52.7 Å². The third-order valence-corrected chi connectivity index (χ3v) is 5.43. The first-order chi connectivity index (χ1) is 13.9. The molecule has 10 heteroatoms. The molecular formula is C19H16Cl2N4O3S. The Labute approximate surface area is 181 Å². The molecule has 150 valence electrons. The van der Waals surface area contributed by atoms with Crippen LogP contribution in [0.3, 0.4) is 0 Å². The van der Waals surface area contributed by atoms with E-state index in [1.54, 1.807) is 11.5 Å². The molecule has 3 rings (SSSR count). The molecule has 1 amide bonds. The zero-order valence-electron chi connectivity index (χ0n) is 15.5. The molecule has 29 heavy (non-hydrogen) atoms. The van der Waals surface area contributed by atoms with Gasteiger partial charge < -0.3 is 10.1 Å². The van der Waals surface area contributed by atoms with Crippen LogP contribution in [-0.2, 0) is 9.53 Å². The molecule has 0 aliphatic rings. The maximum absolute atomic E-state index is 12.6. The number of nitrogens with zero attached hydrogens (tertiary/aromatic N) is 3. The maximum atomic E-state index is 12.6. The minimum absolute atomic E-state index is 0.147. The van der Waals surface area contributed by atoms with E-state index in [1.165, 1.54) is 24.2 Å². The Morgan fingerprint density at radius 2 is 1.90 bits per heavy atom. The summed E-state index contributed by atoms with van der Waals surface area (Å²) in [4.78, 5) is 32.9. The van der Waals surface area contributed by atoms with Crippen molar-refractivity contribution in [3.05, 3.63) is 64.0 Å². The van der Waals surface area contributed by atoms with Crippen molar-refractivity contribution < 1.29 is 14.3 Å². The Morgan fingerprint density at radius 1 is 1.17 bits per heavy atom. The van der Waals surface area contributed by atoms with Crippen molar-refractivity contribution in [1.82, 2.24) is 14.5 Å². The lowest BCUT2D eigenvalue weighted by atomic mass is 10.3. The highest BCUT2D eigenvalue weighted by atomic mass is 35.5. The van der Waals surface area contributed by atoms with Crippen molar-refractivity contribution in [3.8, 4) is 5.69 Å². The van der Waals surface area contributed by atoms with Crippen LogP contribution in [0.2, 0.25) is 10.0 Å². The number of thioether (sulfide) groups is 1. The van der Waals surface area contributed by atoms with E-state index in [4.69, 9.17) is 27.9 Å². The van der Waals surface area contributed by atoms with Gasteiger partial charge in [0.15, 0.2) is 23.3 Å². The van der Waals surface area contributed by atoms with Gasteiger partial charge in [0.2, 0.25) is 0 Å². The van der Waals surface area contributed by atoms with Crippen LogP contribution >= 0.6 is 35.0 Å². The Hall–Kier alpha value is -2.55. The summed E-state index contributed by atoms with van der Waals surface area (Å²) in [5.74, 6) is -1.11. The van der Waals surface area contributed by atoms with E-state index < -0.39 is 18.5 Å². The fraction of sp³-hybridized carbons (Fsp3) is 0.158.